The number of pyridine rings is 1. The van der Waals surface area contributed by atoms with Crippen LogP contribution in [0.3, 0.4) is 0 Å². The topological polar surface area (TPSA) is 62.2 Å². The SMILES string of the molecule is CSCCC(NCc1ccc(-c2ccncc2)cc1F)C(=O)O. The summed E-state index contributed by atoms with van der Waals surface area (Å²) < 4.78 is 14.2. The van der Waals surface area contributed by atoms with E-state index in [0.717, 1.165) is 16.9 Å². The molecular formula is C17H19FN2O2S. The highest BCUT2D eigenvalue weighted by molar-refractivity contribution is 7.98. The van der Waals surface area contributed by atoms with Crippen molar-refractivity contribution >= 4 is 17.7 Å². The number of aliphatic carboxylic acids is 1. The molecule has 4 nitrogen and oxygen atoms in total. The smallest absolute Gasteiger partial charge is 0.320 e. The monoisotopic (exact) mass is 334 g/mol. The number of carboxylic acid groups (broad SMARTS) is 1. The van der Waals surface area contributed by atoms with Crippen LogP contribution in [0.2, 0.25) is 0 Å². The fourth-order valence-corrected chi connectivity index (χ4v) is 2.67. The van der Waals surface area contributed by atoms with E-state index < -0.39 is 12.0 Å². The number of carboxylic acids is 1. The van der Waals surface area contributed by atoms with Crippen LogP contribution in [0.5, 0.6) is 0 Å². The van der Waals surface area contributed by atoms with Crippen molar-refractivity contribution in [3.8, 4) is 11.1 Å². The van der Waals surface area contributed by atoms with Crippen LogP contribution in [-0.2, 0) is 11.3 Å². The molecule has 0 fully saturated rings. The molecule has 2 rings (SSSR count). The Labute approximate surface area is 139 Å². The standard InChI is InChI=1S/C17H19FN2O2S/c1-23-9-6-16(17(21)22)20-11-14-3-2-13(10-15(14)18)12-4-7-19-8-5-12/h2-5,7-8,10,16,20H,6,9,11H2,1H3,(H,21,22). The summed E-state index contributed by atoms with van der Waals surface area (Å²) in [4.78, 5) is 15.1. The van der Waals surface area contributed by atoms with Crippen LogP contribution < -0.4 is 5.32 Å². The third-order valence-electron chi connectivity index (χ3n) is 3.51. The van der Waals surface area contributed by atoms with Gasteiger partial charge in [0, 0.05) is 24.5 Å². The predicted molar refractivity (Wildman–Crippen MR) is 90.9 cm³/mol. The molecule has 2 aromatic rings. The number of rotatable bonds is 8. The maximum absolute atomic E-state index is 14.2. The lowest BCUT2D eigenvalue weighted by Crippen LogP contribution is -2.36. The van der Waals surface area contributed by atoms with Gasteiger partial charge in [-0.1, -0.05) is 12.1 Å². The highest BCUT2D eigenvalue weighted by atomic mass is 32.2. The van der Waals surface area contributed by atoms with Gasteiger partial charge in [0.1, 0.15) is 11.9 Å². The lowest BCUT2D eigenvalue weighted by Gasteiger charge is -2.14. The number of hydrogen-bond donors (Lipinski definition) is 2. The third-order valence-corrected chi connectivity index (χ3v) is 4.16. The van der Waals surface area contributed by atoms with E-state index in [9.17, 15) is 9.18 Å². The molecule has 0 saturated heterocycles. The van der Waals surface area contributed by atoms with Gasteiger partial charge < -0.3 is 10.4 Å². The van der Waals surface area contributed by atoms with E-state index >= 15 is 0 Å². The summed E-state index contributed by atoms with van der Waals surface area (Å²) in [7, 11) is 0. The maximum Gasteiger partial charge on any atom is 0.320 e. The minimum absolute atomic E-state index is 0.188. The molecule has 1 unspecified atom stereocenters. The van der Waals surface area contributed by atoms with Crippen LogP contribution in [0.25, 0.3) is 11.1 Å². The number of halogens is 1. The van der Waals surface area contributed by atoms with Crippen molar-refractivity contribution in [1.82, 2.24) is 10.3 Å². The highest BCUT2D eigenvalue weighted by Gasteiger charge is 2.16. The Kier molecular flexibility index (Phi) is 6.55. The Balaban J connectivity index is 2.05. The Morgan fingerprint density at radius 1 is 1.30 bits per heavy atom. The number of benzene rings is 1. The first-order valence-corrected chi connectivity index (χ1v) is 8.65. The van der Waals surface area contributed by atoms with Crippen LogP contribution in [0.4, 0.5) is 4.39 Å². The van der Waals surface area contributed by atoms with Crippen molar-refractivity contribution in [3.05, 3.63) is 54.1 Å². The summed E-state index contributed by atoms with van der Waals surface area (Å²) in [6.45, 7) is 0.188. The summed E-state index contributed by atoms with van der Waals surface area (Å²) in [5, 5.41) is 12.1. The Morgan fingerprint density at radius 2 is 2.04 bits per heavy atom. The Bertz CT molecular complexity index is 652. The van der Waals surface area contributed by atoms with Gasteiger partial charge in [-0.25, -0.2) is 4.39 Å². The third kappa shape index (κ3) is 5.04. The zero-order valence-corrected chi connectivity index (χ0v) is 13.6. The summed E-state index contributed by atoms with van der Waals surface area (Å²) in [6, 6.07) is 7.94. The second-order valence-electron chi connectivity index (χ2n) is 5.10. The molecule has 0 amide bonds. The molecule has 0 aliphatic heterocycles. The van der Waals surface area contributed by atoms with Gasteiger partial charge in [-0.05, 0) is 47.8 Å². The molecule has 0 radical (unpaired) electrons. The van der Waals surface area contributed by atoms with Crippen LogP contribution in [0.1, 0.15) is 12.0 Å². The van der Waals surface area contributed by atoms with Gasteiger partial charge in [-0.15, -0.1) is 0 Å². The van der Waals surface area contributed by atoms with Crippen molar-refractivity contribution < 1.29 is 14.3 Å². The summed E-state index contributed by atoms with van der Waals surface area (Å²) in [5.41, 5.74) is 2.12. The summed E-state index contributed by atoms with van der Waals surface area (Å²) in [6.07, 6.45) is 5.75. The fraction of sp³-hybridized carbons (Fsp3) is 0.294. The minimum Gasteiger partial charge on any atom is -0.480 e. The number of thioether (sulfide) groups is 1. The predicted octanol–water partition coefficient (Wildman–Crippen LogP) is 3.18. The molecule has 1 heterocycles. The van der Waals surface area contributed by atoms with E-state index in [-0.39, 0.29) is 12.4 Å². The van der Waals surface area contributed by atoms with Gasteiger partial charge in [0.05, 0.1) is 0 Å². The molecule has 6 heteroatoms. The zero-order valence-electron chi connectivity index (χ0n) is 12.8. The lowest BCUT2D eigenvalue weighted by atomic mass is 10.0. The minimum atomic E-state index is -0.909. The normalized spacial score (nSPS) is 12.1. The van der Waals surface area contributed by atoms with Crippen molar-refractivity contribution in [2.24, 2.45) is 0 Å². The van der Waals surface area contributed by atoms with Gasteiger partial charge in [-0.3, -0.25) is 9.78 Å². The molecule has 1 atom stereocenters. The number of nitrogens with one attached hydrogen (secondary N) is 1. The Morgan fingerprint density at radius 3 is 2.65 bits per heavy atom. The van der Waals surface area contributed by atoms with Gasteiger partial charge in [0.25, 0.3) is 0 Å². The molecule has 23 heavy (non-hydrogen) atoms. The zero-order chi connectivity index (χ0) is 16.7. The largest absolute Gasteiger partial charge is 0.480 e. The fourth-order valence-electron chi connectivity index (χ4n) is 2.20. The van der Waals surface area contributed by atoms with E-state index in [1.165, 1.54) is 6.07 Å². The molecular weight excluding hydrogens is 315 g/mol. The van der Waals surface area contributed by atoms with Crippen LogP contribution >= 0.6 is 11.8 Å². The van der Waals surface area contributed by atoms with E-state index in [2.05, 4.69) is 10.3 Å². The van der Waals surface area contributed by atoms with E-state index in [1.54, 1.807) is 30.2 Å². The molecule has 0 spiro atoms. The van der Waals surface area contributed by atoms with Crippen molar-refractivity contribution in [2.75, 3.05) is 12.0 Å². The number of aromatic nitrogens is 1. The number of hydrogen-bond acceptors (Lipinski definition) is 4. The highest BCUT2D eigenvalue weighted by Crippen LogP contribution is 2.21. The first kappa shape index (κ1) is 17.4. The maximum atomic E-state index is 14.2. The molecule has 2 N–H and O–H groups in total. The molecule has 1 aromatic heterocycles. The van der Waals surface area contributed by atoms with Gasteiger partial charge in [0.15, 0.2) is 0 Å². The molecule has 1 aromatic carbocycles. The molecule has 0 bridgehead atoms. The summed E-state index contributed by atoms with van der Waals surface area (Å²) in [5.74, 6) is -0.512. The van der Waals surface area contributed by atoms with E-state index in [4.69, 9.17) is 5.11 Å². The summed E-state index contributed by atoms with van der Waals surface area (Å²) >= 11 is 1.59. The van der Waals surface area contributed by atoms with E-state index in [0.29, 0.717) is 12.0 Å². The molecule has 0 saturated carbocycles. The van der Waals surface area contributed by atoms with Crippen molar-refractivity contribution in [3.63, 3.8) is 0 Å². The second kappa shape index (κ2) is 8.64. The van der Waals surface area contributed by atoms with Crippen LogP contribution in [0, 0.1) is 5.82 Å². The first-order valence-electron chi connectivity index (χ1n) is 7.25. The van der Waals surface area contributed by atoms with Crippen LogP contribution in [0.15, 0.2) is 42.7 Å². The Hall–Kier alpha value is -1.92. The van der Waals surface area contributed by atoms with Crippen LogP contribution in [-0.4, -0.2) is 34.1 Å². The van der Waals surface area contributed by atoms with Crippen molar-refractivity contribution in [2.45, 2.75) is 19.0 Å². The quantitative estimate of drug-likeness (QED) is 0.776. The molecule has 122 valence electrons. The van der Waals surface area contributed by atoms with Gasteiger partial charge in [0.2, 0.25) is 0 Å². The average Bonchev–Trinajstić information content (AvgIpc) is 2.56. The average molecular weight is 334 g/mol. The van der Waals surface area contributed by atoms with Crippen molar-refractivity contribution in [1.29, 1.82) is 0 Å². The van der Waals surface area contributed by atoms with Gasteiger partial charge in [-0.2, -0.15) is 11.8 Å². The van der Waals surface area contributed by atoms with Gasteiger partial charge >= 0.3 is 5.97 Å². The molecule has 0 aliphatic carbocycles. The number of carbonyl (C=O) groups is 1. The van der Waals surface area contributed by atoms with E-state index in [1.807, 2.05) is 24.5 Å². The second-order valence-corrected chi connectivity index (χ2v) is 6.08. The number of nitrogens with zero attached hydrogens (tertiary/aromatic N) is 1. The molecule has 0 aliphatic rings. The first-order chi connectivity index (χ1) is 11.1. The lowest BCUT2D eigenvalue weighted by molar-refractivity contribution is -0.139.